The van der Waals surface area contributed by atoms with Crippen LogP contribution in [-0.4, -0.2) is 24.6 Å². The molecule has 0 N–H and O–H groups in total. The molecule has 0 bridgehead atoms. The predicted octanol–water partition coefficient (Wildman–Crippen LogP) is 2.72. The monoisotopic (exact) mass is 294 g/mol. The van der Waals surface area contributed by atoms with Crippen LogP contribution in [0.2, 0.25) is 0 Å². The molecule has 0 aromatic carbocycles. The molecule has 0 atom stereocenters. The number of hydrogen-bond acceptors (Lipinski definition) is 4. The Balaban J connectivity index is 5.01. The number of rotatable bonds is 7. The van der Waals surface area contributed by atoms with E-state index < -0.39 is 30.2 Å². The fraction of sp³-hybridized carbons (Fsp3) is 0.636. The van der Waals surface area contributed by atoms with Crippen LogP contribution in [0.25, 0.3) is 0 Å². The van der Waals surface area contributed by atoms with Gasteiger partial charge in [0, 0.05) is 12.3 Å². The van der Waals surface area contributed by atoms with Gasteiger partial charge in [0.15, 0.2) is 5.94 Å². The van der Waals surface area contributed by atoms with Gasteiger partial charge in [-0.25, -0.2) is 4.79 Å². The van der Waals surface area contributed by atoms with Gasteiger partial charge in [-0.2, -0.15) is 23.7 Å². The summed E-state index contributed by atoms with van der Waals surface area (Å²) >= 11 is 5.36. The number of alkyl halides is 4. The molecule has 0 unspecified atom stereocenters. The maximum Gasteiger partial charge on any atom is 0.389 e. The lowest BCUT2D eigenvalue weighted by atomic mass is 9.84. The molecule has 0 spiro atoms. The average Bonchev–Trinajstić information content (AvgIpc) is 2.37. The summed E-state index contributed by atoms with van der Waals surface area (Å²) < 4.78 is 41.3. The van der Waals surface area contributed by atoms with Crippen LogP contribution in [-0.2, 0) is 9.53 Å². The molecule has 0 amide bonds. The van der Waals surface area contributed by atoms with E-state index in [1.807, 2.05) is 0 Å². The highest BCUT2D eigenvalue weighted by atomic mass is 35.5. The van der Waals surface area contributed by atoms with Gasteiger partial charge in [-0.1, -0.05) is 0 Å². The SMILES string of the molecule is N#CC(C#N)(CCC(F)(F)F)C(=C=O)OCCCCl. The molecule has 0 saturated heterocycles. The maximum atomic E-state index is 12.1. The van der Waals surface area contributed by atoms with Crippen molar-refractivity contribution in [2.24, 2.45) is 5.41 Å². The molecule has 0 aliphatic carbocycles. The third kappa shape index (κ3) is 5.65. The zero-order valence-corrected chi connectivity index (χ0v) is 10.5. The van der Waals surface area contributed by atoms with Gasteiger partial charge in [0.2, 0.25) is 11.2 Å². The van der Waals surface area contributed by atoms with E-state index in [1.165, 1.54) is 18.1 Å². The van der Waals surface area contributed by atoms with Gasteiger partial charge in [-0.05, 0) is 12.8 Å². The highest BCUT2D eigenvalue weighted by molar-refractivity contribution is 6.17. The minimum absolute atomic E-state index is 0.0782. The highest BCUT2D eigenvalue weighted by Gasteiger charge is 2.42. The van der Waals surface area contributed by atoms with Crippen LogP contribution in [0.5, 0.6) is 0 Å². The van der Waals surface area contributed by atoms with Crippen LogP contribution in [0.15, 0.2) is 5.76 Å². The lowest BCUT2D eigenvalue weighted by Crippen LogP contribution is -2.25. The molecule has 104 valence electrons. The van der Waals surface area contributed by atoms with E-state index in [0.29, 0.717) is 6.42 Å². The van der Waals surface area contributed by atoms with Gasteiger partial charge < -0.3 is 4.74 Å². The van der Waals surface area contributed by atoms with Crippen molar-refractivity contribution < 1.29 is 22.7 Å². The molecule has 0 rings (SSSR count). The standard InChI is InChI=1S/C11H10ClF3N2O2/c12-4-1-5-19-9(6-18)10(7-16,8-17)2-3-11(13,14)15/h1-5H2. The minimum Gasteiger partial charge on any atom is -0.484 e. The molecule has 0 fully saturated rings. The molecule has 0 aromatic rings. The van der Waals surface area contributed by atoms with E-state index in [0.717, 1.165) is 0 Å². The van der Waals surface area contributed by atoms with Crippen molar-refractivity contribution in [1.82, 2.24) is 0 Å². The molecule has 0 saturated carbocycles. The van der Waals surface area contributed by atoms with E-state index in [-0.39, 0.29) is 12.5 Å². The van der Waals surface area contributed by atoms with Gasteiger partial charge in [-0.15, -0.1) is 11.6 Å². The normalized spacial score (nSPS) is 11.1. The van der Waals surface area contributed by atoms with Crippen molar-refractivity contribution in [2.45, 2.75) is 25.4 Å². The van der Waals surface area contributed by atoms with Crippen molar-refractivity contribution >= 4 is 17.5 Å². The number of ether oxygens (including phenoxy) is 1. The van der Waals surface area contributed by atoms with Gasteiger partial charge in [0.05, 0.1) is 18.7 Å². The summed E-state index contributed by atoms with van der Waals surface area (Å²) in [6, 6.07) is 2.79. The average molecular weight is 295 g/mol. The molecule has 19 heavy (non-hydrogen) atoms. The summed E-state index contributed by atoms with van der Waals surface area (Å²) in [4.78, 5) is 10.7. The molecule has 0 aliphatic rings. The number of nitrogens with zero attached hydrogens (tertiary/aromatic N) is 2. The van der Waals surface area contributed by atoms with Crippen LogP contribution in [0.4, 0.5) is 13.2 Å². The molecule has 0 radical (unpaired) electrons. The van der Waals surface area contributed by atoms with Crippen LogP contribution in [0.3, 0.4) is 0 Å². The Kier molecular flexibility index (Phi) is 7.00. The number of carbonyl (C=O) groups excluding carboxylic acids is 1. The summed E-state index contributed by atoms with van der Waals surface area (Å²) in [5.41, 5.74) is -2.27. The fourth-order valence-electron chi connectivity index (χ4n) is 1.15. The topological polar surface area (TPSA) is 73.9 Å². The van der Waals surface area contributed by atoms with Crippen molar-refractivity contribution in [1.29, 1.82) is 10.5 Å². The Morgan fingerprint density at radius 2 is 1.79 bits per heavy atom. The Labute approximate surface area is 113 Å². The van der Waals surface area contributed by atoms with Crippen molar-refractivity contribution in [3.8, 4) is 12.1 Å². The quantitative estimate of drug-likeness (QED) is 0.313. The van der Waals surface area contributed by atoms with E-state index in [1.54, 1.807) is 0 Å². The summed E-state index contributed by atoms with van der Waals surface area (Å²) in [6.07, 6.45) is -6.48. The smallest absolute Gasteiger partial charge is 0.389 e. The summed E-state index contributed by atoms with van der Waals surface area (Å²) in [6.45, 7) is -0.0782. The Bertz CT molecular complexity index is 417. The van der Waals surface area contributed by atoms with E-state index >= 15 is 0 Å². The van der Waals surface area contributed by atoms with Crippen LogP contribution < -0.4 is 0 Å². The molecule has 4 nitrogen and oxygen atoms in total. The Hall–Kier alpha value is -1.69. The van der Waals surface area contributed by atoms with E-state index in [4.69, 9.17) is 26.9 Å². The number of halogens is 4. The number of nitriles is 2. The van der Waals surface area contributed by atoms with Crippen LogP contribution in [0, 0.1) is 28.1 Å². The predicted molar refractivity (Wildman–Crippen MR) is 59.4 cm³/mol. The third-order valence-corrected chi connectivity index (χ3v) is 2.44. The fourth-order valence-corrected chi connectivity index (χ4v) is 1.26. The first-order valence-corrected chi connectivity index (χ1v) is 5.72. The maximum absolute atomic E-state index is 12.1. The molecule has 0 aromatic heterocycles. The second-order valence-electron chi connectivity index (χ2n) is 3.57. The zero-order valence-electron chi connectivity index (χ0n) is 9.76. The molecule has 8 heteroatoms. The van der Waals surface area contributed by atoms with Gasteiger partial charge in [0.1, 0.15) is 0 Å². The molecule has 0 heterocycles. The van der Waals surface area contributed by atoms with Crippen molar-refractivity contribution in [2.75, 3.05) is 12.5 Å². The second-order valence-corrected chi connectivity index (χ2v) is 3.94. The van der Waals surface area contributed by atoms with Crippen molar-refractivity contribution in [3.63, 3.8) is 0 Å². The zero-order chi connectivity index (χ0) is 14.9. The van der Waals surface area contributed by atoms with Crippen LogP contribution >= 0.6 is 11.6 Å². The lowest BCUT2D eigenvalue weighted by molar-refractivity contribution is -0.138. The molecular weight excluding hydrogens is 285 g/mol. The molecular formula is C11H10ClF3N2O2. The Morgan fingerprint density at radius 3 is 2.16 bits per heavy atom. The first kappa shape index (κ1) is 17.3. The Morgan fingerprint density at radius 1 is 1.21 bits per heavy atom. The van der Waals surface area contributed by atoms with E-state index in [2.05, 4.69) is 0 Å². The summed E-state index contributed by atoms with van der Waals surface area (Å²) in [5, 5.41) is 17.8. The first-order chi connectivity index (χ1) is 8.85. The summed E-state index contributed by atoms with van der Waals surface area (Å²) in [5.74, 6) is 0.708. The highest BCUT2D eigenvalue weighted by Crippen LogP contribution is 2.35. The van der Waals surface area contributed by atoms with Gasteiger partial charge in [-0.3, -0.25) is 0 Å². The minimum atomic E-state index is -4.54. The van der Waals surface area contributed by atoms with Gasteiger partial charge in [0.25, 0.3) is 0 Å². The van der Waals surface area contributed by atoms with Crippen LogP contribution in [0.1, 0.15) is 19.3 Å². The lowest BCUT2D eigenvalue weighted by Gasteiger charge is -2.20. The largest absolute Gasteiger partial charge is 0.484 e. The van der Waals surface area contributed by atoms with E-state index in [9.17, 15) is 18.0 Å². The number of hydrogen-bond donors (Lipinski definition) is 0. The summed E-state index contributed by atoms with van der Waals surface area (Å²) in [7, 11) is 0. The number of allylic oxidation sites excluding steroid dienone is 1. The van der Waals surface area contributed by atoms with Crippen molar-refractivity contribution in [3.05, 3.63) is 5.76 Å². The second kappa shape index (κ2) is 7.68. The third-order valence-electron chi connectivity index (χ3n) is 2.17. The first-order valence-electron chi connectivity index (χ1n) is 5.19. The van der Waals surface area contributed by atoms with Gasteiger partial charge >= 0.3 is 6.18 Å². The molecule has 0 aliphatic heterocycles.